The molecule has 1 saturated carbocycles. The number of rotatable bonds is 6. The summed E-state index contributed by atoms with van der Waals surface area (Å²) in [5.74, 6) is -2.24. The number of hydrogen-bond acceptors (Lipinski definition) is 5. The second kappa shape index (κ2) is 7.81. The van der Waals surface area contributed by atoms with Crippen LogP contribution in [0.1, 0.15) is 48.5 Å². The van der Waals surface area contributed by atoms with Gasteiger partial charge in [0.1, 0.15) is 6.54 Å². The molecule has 2 amide bonds. The van der Waals surface area contributed by atoms with Crippen molar-refractivity contribution >= 4 is 34.5 Å². The standard InChI is InChI=1S/C22H24N2O5/c1-2-13-6-5-9-14-17(10-23-20(13)14)18(25)12-29-19(26)11-24-21(27)15-7-3-4-8-16(15)22(24)28/h5-6,9-10,15-16,23H,2-4,7-8,11-12H2,1H3. The minimum atomic E-state index is -0.743. The smallest absolute Gasteiger partial charge is 0.326 e. The number of H-pyrrole nitrogens is 1. The van der Waals surface area contributed by atoms with Crippen molar-refractivity contribution in [2.45, 2.75) is 39.0 Å². The van der Waals surface area contributed by atoms with Crippen LogP contribution in [-0.4, -0.2) is 46.6 Å². The summed E-state index contributed by atoms with van der Waals surface area (Å²) < 4.78 is 5.10. The third kappa shape index (κ3) is 3.45. The number of para-hydroxylation sites is 1. The summed E-state index contributed by atoms with van der Waals surface area (Å²) in [6.07, 6.45) is 5.70. The van der Waals surface area contributed by atoms with E-state index >= 15 is 0 Å². The number of benzene rings is 1. The number of amides is 2. The molecule has 1 aromatic heterocycles. The summed E-state index contributed by atoms with van der Waals surface area (Å²) in [6, 6.07) is 5.74. The number of carbonyl (C=O) groups is 4. The van der Waals surface area contributed by atoms with E-state index in [9.17, 15) is 19.2 Å². The molecule has 1 saturated heterocycles. The predicted octanol–water partition coefficient (Wildman–Crippen LogP) is 2.63. The molecule has 7 nitrogen and oxygen atoms in total. The molecule has 2 aromatic rings. The molecule has 2 fully saturated rings. The Balaban J connectivity index is 1.38. The maximum absolute atomic E-state index is 12.6. The Labute approximate surface area is 168 Å². The Morgan fingerprint density at radius 1 is 1.14 bits per heavy atom. The zero-order valence-electron chi connectivity index (χ0n) is 16.4. The van der Waals surface area contributed by atoms with E-state index in [2.05, 4.69) is 4.98 Å². The second-order valence-electron chi connectivity index (χ2n) is 7.74. The van der Waals surface area contributed by atoms with E-state index in [1.165, 1.54) is 0 Å². The zero-order valence-corrected chi connectivity index (χ0v) is 16.4. The molecule has 1 aliphatic heterocycles. The lowest BCUT2D eigenvalue weighted by atomic mass is 9.81. The summed E-state index contributed by atoms with van der Waals surface area (Å²) in [6.45, 7) is 1.19. The highest BCUT2D eigenvalue weighted by molar-refractivity contribution is 6.10. The number of hydrogen-bond donors (Lipinski definition) is 1. The lowest BCUT2D eigenvalue weighted by molar-refractivity contribution is -0.152. The predicted molar refractivity (Wildman–Crippen MR) is 105 cm³/mol. The van der Waals surface area contributed by atoms with E-state index in [4.69, 9.17) is 4.74 Å². The monoisotopic (exact) mass is 396 g/mol. The molecule has 2 unspecified atom stereocenters. The Bertz CT molecular complexity index is 968. The van der Waals surface area contributed by atoms with E-state index in [1.807, 2.05) is 25.1 Å². The quantitative estimate of drug-likeness (QED) is 0.460. The number of aromatic nitrogens is 1. The Morgan fingerprint density at radius 2 is 1.83 bits per heavy atom. The first-order valence-corrected chi connectivity index (χ1v) is 10.1. The molecule has 2 aliphatic rings. The maximum Gasteiger partial charge on any atom is 0.326 e. The van der Waals surface area contributed by atoms with Gasteiger partial charge in [-0.2, -0.15) is 0 Å². The van der Waals surface area contributed by atoms with Gasteiger partial charge in [0.2, 0.25) is 17.6 Å². The number of imide groups is 1. The number of nitrogens with one attached hydrogen (secondary N) is 1. The average Bonchev–Trinajstić information content (AvgIpc) is 3.28. The number of ketones is 1. The highest BCUT2D eigenvalue weighted by atomic mass is 16.5. The van der Waals surface area contributed by atoms with Crippen LogP contribution in [0.2, 0.25) is 0 Å². The van der Waals surface area contributed by atoms with Crippen LogP contribution in [0.5, 0.6) is 0 Å². The van der Waals surface area contributed by atoms with Gasteiger partial charge in [-0.3, -0.25) is 24.1 Å². The number of nitrogens with zero attached hydrogens (tertiary/aromatic N) is 1. The molecule has 152 valence electrons. The van der Waals surface area contributed by atoms with Crippen molar-refractivity contribution in [2.24, 2.45) is 11.8 Å². The van der Waals surface area contributed by atoms with Crippen molar-refractivity contribution in [3.05, 3.63) is 35.5 Å². The van der Waals surface area contributed by atoms with Gasteiger partial charge in [-0.15, -0.1) is 0 Å². The molecule has 2 heterocycles. The SMILES string of the molecule is CCc1cccc2c(C(=O)COC(=O)CN3C(=O)C4CCCCC4C3=O)c[nH]c12. The fourth-order valence-electron chi connectivity index (χ4n) is 4.53. The van der Waals surface area contributed by atoms with Crippen molar-refractivity contribution in [2.75, 3.05) is 13.2 Å². The van der Waals surface area contributed by atoms with Crippen LogP contribution in [0.15, 0.2) is 24.4 Å². The van der Waals surface area contributed by atoms with Crippen LogP contribution in [0, 0.1) is 11.8 Å². The van der Waals surface area contributed by atoms with Crippen LogP contribution in [-0.2, 0) is 25.5 Å². The van der Waals surface area contributed by atoms with Crippen molar-refractivity contribution < 1.29 is 23.9 Å². The van der Waals surface area contributed by atoms with Gasteiger partial charge in [0.25, 0.3) is 0 Å². The summed E-state index contributed by atoms with van der Waals surface area (Å²) in [4.78, 5) is 53.8. The molecule has 29 heavy (non-hydrogen) atoms. The van der Waals surface area contributed by atoms with Crippen molar-refractivity contribution in [1.29, 1.82) is 0 Å². The van der Waals surface area contributed by atoms with E-state index in [1.54, 1.807) is 6.20 Å². The largest absolute Gasteiger partial charge is 0.456 e. The summed E-state index contributed by atoms with van der Waals surface area (Å²) >= 11 is 0. The molecule has 0 spiro atoms. The van der Waals surface area contributed by atoms with Crippen molar-refractivity contribution in [3.8, 4) is 0 Å². The van der Waals surface area contributed by atoms with Crippen molar-refractivity contribution in [1.82, 2.24) is 9.88 Å². The third-order valence-electron chi connectivity index (χ3n) is 6.07. The molecule has 0 radical (unpaired) electrons. The van der Waals surface area contributed by atoms with Gasteiger partial charge in [0.15, 0.2) is 6.61 Å². The van der Waals surface area contributed by atoms with E-state index < -0.39 is 19.1 Å². The first-order chi connectivity index (χ1) is 14.0. The molecule has 1 N–H and O–H groups in total. The summed E-state index contributed by atoms with van der Waals surface area (Å²) in [7, 11) is 0. The average molecular weight is 396 g/mol. The molecule has 0 bridgehead atoms. The normalized spacial score (nSPS) is 21.5. The van der Waals surface area contributed by atoms with E-state index in [0.29, 0.717) is 18.4 Å². The molecule has 1 aromatic carbocycles. The molecular formula is C22H24N2O5. The number of ether oxygens (including phenoxy) is 1. The Hall–Kier alpha value is -2.96. The number of fused-ring (bicyclic) bond motifs is 2. The number of Topliss-reactive ketones (excluding diaryl/α,β-unsaturated/α-hetero) is 1. The molecule has 2 atom stereocenters. The minimum absolute atomic E-state index is 0.285. The summed E-state index contributed by atoms with van der Waals surface area (Å²) in [5.41, 5.74) is 2.47. The van der Waals surface area contributed by atoms with Gasteiger partial charge < -0.3 is 9.72 Å². The highest BCUT2D eigenvalue weighted by Crippen LogP contribution is 2.37. The van der Waals surface area contributed by atoms with Gasteiger partial charge in [-0.25, -0.2) is 0 Å². The first kappa shape index (κ1) is 19.4. The lowest BCUT2D eigenvalue weighted by Crippen LogP contribution is -2.37. The molecule has 7 heteroatoms. The number of carbonyl (C=O) groups excluding carboxylic acids is 4. The minimum Gasteiger partial charge on any atom is -0.456 e. The number of likely N-dealkylation sites (tertiary alicyclic amines) is 1. The van der Waals surface area contributed by atoms with Crippen LogP contribution in [0.4, 0.5) is 0 Å². The van der Waals surface area contributed by atoms with E-state index in [0.717, 1.165) is 40.6 Å². The van der Waals surface area contributed by atoms with Gasteiger partial charge in [0.05, 0.1) is 11.8 Å². The fraction of sp³-hybridized carbons (Fsp3) is 0.455. The Kier molecular flexibility index (Phi) is 5.22. The van der Waals surface area contributed by atoms with Crippen LogP contribution in [0.3, 0.4) is 0 Å². The maximum atomic E-state index is 12.6. The van der Waals surface area contributed by atoms with Gasteiger partial charge in [0, 0.05) is 22.7 Å². The molecule has 4 rings (SSSR count). The fourth-order valence-corrected chi connectivity index (χ4v) is 4.53. The molecule has 1 aliphatic carbocycles. The Morgan fingerprint density at radius 3 is 2.48 bits per heavy atom. The number of aryl methyl sites for hydroxylation is 1. The van der Waals surface area contributed by atoms with E-state index in [-0.39, 0.29) is 29.4 Å². The van der Waals surface area contributed by atoms with Crippen molar-refractivity contribution in [3.63, 3.8) is 0 Å². The van der Waals surface area contributed by atoms with Gasteiger partial charge >= 0.3 is 5.97 Å². The van der Waals surface area contributed by atoms with Crippen LogP contribution < -0.4 is 0 Å². The second-order valence-corrected chi connectivity index (χ2v) is 7.74. The highest BCUT2D eigenvalue weighted by Gasteiger charge is 2.48. The van der Waals surface area contributed by atoms with Crippen LogP contribution >= 0.6 is 0 Å². The summed E-state index contributed by atoms with van der Waals surface area (Å²) in [5, 5.41) is 0.791. The number of aromatic amines is 1. The van der Waals surface area contributed by atoms with Crippen LogP contribution in [0.25, 0.3) is 10.9 Å². The third-order valence-corrected chi connectivity index (χ3v) is 6.07. The van der Waals surface area contributed by atoms with Gasteiger partial charge in [-0.1, -0.05) is 38.0 Å². The molecular weight excluding hydrogens is 372 g/mol. The number of esters is 1. The lowest BCUT2D eigenvalue weighted by Gasteiger charge is -2.19. The van der Waals surface area contributed by atoms with Gasteiger partial charge in [-0.05, 0) is 24.8 Å². The first-order valence-electron chi connectivity index (χ1n) is 10.1. The zero-order chi connectivity index (χ0) is 20.5. The topological polar surface area (TPSA) is 96.5 Å².